The van der Waals surface area contributed by atoms with E-state index in [-0.39, 0.29) is 5.56 Å². The minimum atomic E-state index is -0.140. The lowest BCUT2D eigenvalue weighted by atomic mass is 9.86. The zero-order valence-corrected chi connectivity index (χ0v) is 12.6. The van der Waals surface area contributed by atoms with Crippen LogP contribution in [0.1, 0.15) is 27.7 Å². The molecule has 0 amide bonds. The average molecular weight is 280 g/mol. The Balaban J connectivity index is 2.13. The van der Waals surface area contributed by atoms with Gasteiger partial charge in [-0.2, -0.15) is 4.52 Å². The van der Waals surface area contributed by atoms with Crippen molar-refractivity contribution in [2.75, 3.05) is 11.9 Å². The Bertz CT molecular complexity index is 594. The van der Waals surface area contributed by atoms with Gasteiger partial charge in [-0.25, -0.2) is 4.98 Å². The largest absolute Gasteiger partial charge is 0.360 e. The predicted octanol–water partition coefficient (Wildman–Crippen LogP) is 2.49. The van der Waals surface area contributed by atoms with Crippen LogP contribution < -0.4 is 10.9 Å². The Labute approximate surface area is 116 Å². The molecule has 2 aromatic heterocycles. The molecule has 19 heavy (non-hydrogen) atoms. The number of rotatable bonds is 5. The summed E-state index contributed by atoms with van der Waals surface area (Å²) in [7, 11) is 0. The van der Waals surface area contributed by atoms with Gasteiger partial charge in [0.1, 0.15) is 0 Å². The normalized spacial score (nSPS) is 11.9. The average Bonchev–Trinajstić information content (AvgIpc) is 2.72. The van der Waals surface area contributed by atoms with E-state index in [1.807, 2.05) is 0 Å². The van der Waals surface area contributed by atoms with Crippen molar-refractivity contribution in [3.8, 4) is 0 Å². The van der Waals surface area contributed by atoms with Crippen molar-refractivity contribution in [2.24, 2.45) is 17.8 Å². The molecule has 0 saturated carbocycles. The number of nitrogens with zero attached hydrogens (tertiary/aromatic N) is 3. The van der Waals surface area contributed by atoms with Gasteiger partial charge in [-0.1, -0.05) is 39.0 Å². The number of hydrogen-bond acceptors (Lipinski definition) is 5. The molecule has 0 aliphatic carbocycles. The first-order chi connectivity index (χ1) is 8.99. The van der Waals surface area contributed by atoms with Crippen LogP contribution in [0, 0.1) is 17.8 Å². The molecular weight excluding hydrogens is 260 g/mol. The quantitative estimate of drug-likeness (QED) is 0.914. The van der Waals surface area contributed by atoms with Crippen molar-refractivity contribution in [1.82, 2.24) is 14.6 Å². The zero-order valence-electron chi connectivity index (χ0n) is 11.8. The number of anilines is 1. The highest BCUT2D eigenvalue weighted by atomic mass is 32.1. The Morgan fingerprint density at radius 3 is 2.58 bits per heavy atom. The molecule has 2 heterocycles. The summed E-state index contributed by atoms with van der Waals surface area (Å²) in [5.74, 6) is 1.81. The van der Waals surface area contributed by atoms with E-state index in [0.717, 1.165) is 11.7 Å². The first kappa shape index (κ1) is 14.0. The lowest BCUT2D eigenvalue weighted by Gasteiger charge is -2.24. The van der Waals surface area contributed by atoms with Crippen LogP contribution in [0.2, 0.25) is 0 Å². The fraction of sp³-hybridized carbons (Fsp3) is 0.615. The molecule has 0 spiro atoms. The second-order valence-electron chi connectivity index (χ2n) is 5.42. The van der Waals surface area contributed by atoms with Gasteiger partial charge in [0.15, 0.2) is 0 Å². The first-order valence-electron chi connectivity index (χ1n) is 6.57. The molecule has 104 valence electrons. The van der Waals surface area contributed by atoms with Crippen LogP contribution in [0.3, 0.4) is 0 Å². The van der Waals surface area contributed by atoms with Crippen LogP contribution >= 0.6 is 11.3 Å². The van der Waals surface area contributed by atoms with Crippen LogP contribution in [0.25, 0.3) is 4.96 Å². The van der Waals surface area contributed by atoms with E-state index in [0.29, 0.717) is 22.7 Å². The molecule has 0 aliphatic heterocycles. The fourth-order valence-electron chi connectivity index (χ4n) is 2.26. The van der Waals surface area contributed by atoms with Crippen LogP contribution in [-0.2, 0) is 0 Å². The summed E-state index contributed by atoms with van der Waals surface area (Å²) >= 11 is 1.41. The van der Waals surface area contributed by atoms with Crippen LogP contribution in [0.15, 0.2) is 17.1 Å². The second kappa shape index (κ2) is 5.69. The van der Waals surface area contributed by atoms with Crippen molar-refractivity contribution in [2.45, 2.75) is 27.7 Å². The van der Waals surface area contributed by atoms with E-state index in [9.17, 15) is 4.79 Å². The highest BCUT2D eigenvalue weighted by Gasteiger charge is 2.18. The van der Waals surface area contributed by atoms with E-state index >= 15 is 0 Å². The molecule has 2 aromatic rings. The highest BCUT2D eigenvalue weighted by Crippen LogP contribution is 2.22. The molecule has 0 radical (unpaired) electrons. The van der Waals surface area contributed by atoms with Crippen molar-refractivity contribution in [3.63, 3.8) is 0 Å². The lowest BCUT2D eigenvalue weighted by molar-refractivity contribution is 0.304. The molecule has 2 rings (SSSR count). The maximum absolute atomic E-state index is 11.6. The summed E-state index contributed by atoms with van der Waals surface area (Å²) < 4.78 is 1.34. The van der Waals surface area contributed by atoms with Gasteiger partial charge < -0.3 is 5.32 Å². The molecule has 0 fully saturated rings. The molecule has 0 aromatic carbocycles. The molecule has 0 bridgehead atoms. The standard InChI is InChI=1S/C13H20N4OS/c1-8(2)10(9(3)4)7-15-12-16-17-11(18)5-6-14-13(17)19-12/h5-6,8-10H,7H2,1-4H3,(H,15,16). The molecule has 1 N–H and O–H groups in total. The SMILES string of the molecule is CC(C)C(CNc1nn2c(=O)ccnc2s1)C(C)C. The van der Waals surface area contributed by atoms with Crippen LogP contribution in [-0.4, -0.2) is 21.1 Å². The summed E-state index contributed by atoms with van der Waals surface area (Å²) in [4.78, 5) is 16.4. The molecule has 0 aliphatic rings. The smallest absolute Gasteiger partial charge is 0.275 e. The monoisotopic (exact) mass is 280 g/mol. The van der Waals surface area contributed by atoms with E-state index < -0.39 is 0 Å². The molecule has 5 nitrogen and oxygen atoms in total. The fourth-order valence-corrected chi connectivity index (χ4v) is 3.04. The van der Waals surface area contributed by atoms with Crippen molar-refractivity contribution >= 4 is 21.4 Å². The van der Waals surface area contributed by atoms with E-state index in [2.05, 4.69) is 43.1 Å². The second-order valence-corrected chi connectivity index (χ2v) is 6.37. The number of nitrogens with one attached hydrogen (secondary N) is 1. The third-order valence-corrected chi connectivity index (χ3v) is 4.25. The first-order valence-corrected chi connectivity index (χ1v) is 7.39. The Morgan fingerprint density at radius 2 is 2.00 bits per heavy atom. The minimum Gasteiger partial charge on any atom is -0.360 e. The number of aromatic nitrogens is 3. The van der Waals surface area contributed by atoms with Crippen molar-refractivity contribution in [3.05, 3.63) is 22.6 Å². The number of hydrogen-bond donors (Lipinski definition) is 1. The maximum Gasteiger partial charge on any atom is 0.275 e. The molecule has 0 unspecified atom stereocenters. The van der Waals surface area contributed by atoms with Crippen molar-refractivity contribution in [1.29, 1.82) is 0 Å². The minimum absolute atomic E-state index is 0.140. The molecule has 0 saturated heterocycles. The topological polar surface area (TPSA) is 59.3 Å². The summed E-state index contributed by atoms with van der Waals surface area (Å²) in [5.41, 5.74) is -0.140. The zero-order chi connectivity index (χ0) is 14.0. The van der Waals surface area contributed by atoms with Crippen LogP contribution in [0.4, 0.5) is 5.13 Å². The maximum atomic E-state index is 11.6. The van der Waals surface area contributed by atoms with Gasteiger partial charge in [-0.05, 0) is 17.8 Å². The van der Waals surface area contributed by atoms with Gasteiger partial charge >= 0.3 is 0 Å². The van der Waals surface area contributed by atoms with Gasteiger partial charge in [0, 0.05) is 18.8 Å². The third kappa shape index (κ3) is 3.12. The van der Waals surface area contributed by atoms with E-state index in [1.165, 1.54) is 28.1 Å². The summed E-state index contributed by atoms with van der Waals surface area (Å²) in [5, 5.41) is 8.34. The van der Waals surface area contributed by atoms with Gasteiger partial charge in [0.05, 0.1) is 0 Å². The van der Waals surface area contributed by atoms with Gasteiger partial charge in [0.25, 0.3) is 5.56 Å². The van der Waals surface area contributed by atoms with E-state index in [1.54, 1.807) is 0 Å². The van der Waals surface area contributed by atoms with Gasteiger partial charge in [0.2, 0.25) is 10.1 Å². The molecule has 6 heteroatoms. The van der Waals surface area contributed by atoms with Gasteiger partial charge in [-0.3, -0.25) is 4.79 Å². The predicted molar refractivity (Wildman–Crippen MR) is 78.8 cm³/mol. The highest BCUT2D eigenvalue weighted by molar-refractivity contribution is 7.20. The van der Waals surface area contributed by atoms with Gasteiger partial charge in [-0.15, -0.1) is 5.10 Å². The molecule has 0 atom stereocenters. The summed E-state index contributed by atoms with van der Waals surface area (Å²) in [6.45, 7) is 9.80. The Hall–Kier alpha value is -1.43. The molecular formula is C13H20N4OS. The summed E-state index contributed by atoms with van der Waals surface area (Å²) in [6, 6.07) is 1.42. The number of fused-ring (bicyclic) bond motifs is 1. The van der Waals surface area contributed by atoms with E-state index in [4.69, 9.17) is 0 Å². The Morgan fingerprint density at radius 1 is 1.32 bits per heavy atom. The lowest BCUT2D eigenvalue weighted by Crippen LogP contribution is -2.24. The summed E-state index contributed by atoms with van der Waals surface area (Å²) in [6.07, 6.45) is 1.52. The third-order valence-electron chi connectivity index (χ3n) is 3.37. The van der Waals surface area contributed by atoms with Crippen molar-refractivity contribution < 1.29 is 0 Å². The Kier molecular flexibility index (Phi) is 4.19. The van der Waals surface area contributed by atoms with Crippen LogP contribution in [0.5, 0.6) is 0 Å².